The van der Waals surface area contributed by atoms with Crippen molar-refractivity contribution < 1.29 is 32.4 Å². The number of halogens is 2. The number of hydrogen-bond donors (Lipinski definition) is 1. The summed E-state index contributed by atoms with van der Waals surface area (Å²) in [6, 6.07) is 53.2. The van der Waals surface area contributed by atoms with E-state index in [2.05, 4.69) is 61.8 Å². The average molecular weight is 922 g/mol. The summed E-state index contributed by atoms with van der Waals surface area (Å²) in [5.74, 6) is 2.25. The van der Waals surface area contributed by atoms with Crippen molar-refractivity contribution in [1.82, 2.24) is 29.9 Å². The molecule has 1 atom stereocenters. The van der Waals surface area contributed by atoms with Crippen LogP contribution < -0.4 is 0 Å². The van der Waals surface area contributed by atoms with Crippen molar-refractivity contribution in [2.45, 2.75) is 6.10 Å². The molecule has 2 heterocycles. The van der Waals surface area contributed by atoms with E-state index in [1.807, 2.05) is 158 Å². The van der Waals surface area contributed by atoms with Gasteiger partial charge < -0.3 is 5.11 Å². The molecule has 8 aromatic rings. The van der Waals surface area contributed by atoms with Crippen LogP contribution in [0.25, 0.3) is 45.6 Å². The molecule has 0 bridgehead atoms. The van der Waals surface area contributed by atoms with Crippen LogP contribution in [0.2, 0.25) is 0 Å². The first kappa shape index (κ1) is 40.7. The van der Waals surface area contributed by atoms with Crippen LogP contribution in [0.4, 0.5) is 0 Å². The Labute approximate surface area is 351 Å². The normalized spacial score (nSPS) is 10.9. The molecule has 13 heteroatoms. The molecule has 2 aromatic heterocycles. The third-order valence-corrected chi connectivity index (χ3v) is 9.21. The molecule has 0 saturated carbocycles. The molecule has 0 amide bonds. The van der Waals surface area contributed by atoms with E-state index in [9.17, 15) is 9.90 Å². The SMILES string of the molecule is O=C(c1ccc(Br)cc1)c1nc(-c2ccccc2)nc(-c2ccccc2)n1.OC(c1ccc(Br)cc1)c1nc(-c2ccccc2)nc(-c2ccccc2)n1.[O]=[Mn]=[O]. The number of hydrogen-bond acceptors (Lipinski definition) is 10. The zero-order valence-electron chi connectivity index (χ0n) is 29.7. The number of benzene rings is 6. The topological polar surface area (TPSA) is 149 Å². The number of rotatable bonds is 8. The fourth-order valence-electron chi connectivity index (χ4n) is 5.38. The van der Waals surface area contributed by atoms with Crippen LogP contribution in [0.5, 0.6) is 0 Å². The zero-order chi connectivity index (χ0) is 40.0. The summed E-state index contributed by atoms with van der Waals surface area (Å²) < 4.78 is 18.7. The van der Waals surface area contributed by atoms with Crippen LogP contribution in [0.1, 0.15) is 33.7 Å². The van der Waals surface area contributed by atoms with E-state index in [0.717, 1.165) is 36.8 Å². The van der Waals surface area contributed by atoms with E-state index in [0.29, 0.717) is 34.7 Å². The first-order valence-corrected chi connectivity index (χ1v) is 19.7. The fraction of sp³-hybridized carbons (Fsp3) is 0.0227. The van der Waals surface area contributed by atoms with Gasteiger partial charge in [0, 0.05) is 36.8 Å². The van der Waals surface area contributed by atoms with Gasteiger partial charge in [-0.1, -0.05) is 165 Å². The summed E-state index contributed by atoms with van der Waals surface area (Å²) in [4.78, 5) is 40.1. The average Bonchev–Trinajstić information content (AvgIpc) is 3.28. The van der Waals surface area contributed by atoms with Crippen LogP contribution in [0, 0.1) is 0 Å². The second-order valence-corrected chi connectivity index (χ2v) is 14.0. The maximum atomic E-state index is 13.0. The van der Waals surface area contributed by atoms with Gasteiger partial charge in [-0.05, 0) is 42.0 Å². The standard InChI is InChI=1S/C22H16BrN3O.C22H14BrN3O.Mn.2O/c2*23-18-13-11-15(12-14-18)19(27)22-25-20(16-7-3-1-4-8-16)24-21(26-22)17-9-5-2-6-10-17;;;/h1-14,19,27H;1-14H;;;. The van der Waals surface area contributed by atoms with E-state index in [1.54, 1.807) is 12.1 Å². The molecule has 8 rings (SSSR count). The zero-order valence-corrected chi connectivity index (χ0v) is 34.1. The van der Waals surface area contributed by atoms with E-state index in [1.165, 1.54) is 0 Å². The molecule has 0 spiro atoms. The summed E-state index contributed by atoms with van der Waals surface area (Å²) in [6.45, 7) is 0. The summed E-state index contributed by atoms with van der Waals surface area (Å²) in [7, 11) is 0. The Balaban J connectivity index is 0.000000180. The Morgan fingerprint density at radius 3 is 1.12 bits per heavy atom. The maximum absolute atomic E-state index is 13.0. The summed E-state index contributed by atoms with van der Waals surface area (Å²) in [5.41, 5.74) is 4.68. The Morgan fingerprint density at radius 1 is 0.456 bits per heavy atom. The predicted molar refractivity (Wildman–Crippen MR) is 219 cm³/mol. The molecule has 0 radical (unpaired) electrons. The minimum atomic E-state index is -1.44. The molecule has 0 aliphatic rings. The van der Waals surface area contributed by atoms with Crippen molar-refractivity contribution >= 4 is 37.6 Å². The second-order valence-electron chi connectivity index (χ2n) is 12.0. The van der Waals surface area contributed by atoms with Gasteiger partial charge in [0.2, 0.25) is 11.6 Å². The van der Waals surface area contributed by atoms with E-state index in [-0.39, 0.29) is 11.6 Å². The monoisotopic (exact) mass is 919 g/mol. The first-order valence-electron chi connectivity index (χ1n) is 17.2. The van der Waals surface area contributed by atoms with Gasteiger partial charge in [-0.25, -0.2) is 29.9 Å². The fourth-order valence-corrected chi connectivity index (χ4v) is 5.91. The molecular formula is C44H30Br2MnN6O4. The van der Waals surface area contributed by atoms with Gasteiger partial charge >= 0.3 is 22.5 Å². The van der Waals surface area contributed by atoms with Gasteiger partial charge in [0.15, 0.2) is 29.1 Å². The molecule has 0 aliphatic heterocycles. The van der Waals surface area contributed by atoms with Gasteiger partial charge in [0.1, 0.15) is 6.10 Å². The number of ketones is 1. The molecule has 1 N–H and O–H groups in total. The van der Waals surface area contributed by atoms with Crippen molar-refractivity contribution in [1.29, 1.82) is 0 Å². The Kier molecular flexibility index (Phi) is 14.5. The number of aliphatic hydroxyl groups is 1. The molecule has 6 aromatic carbocycles. The van der Waals surface area contributed by atoms with Crippen molar-refractivity contribution in [3.8, 4) is 45.6 Å². The van der Waals surface area contributed by atoms with Crippen LogP contribution in [0.3, 0.4) is 0 Å². The summed E-state index contributed by atoms with van der Waals surface area (Å²) in [6.07, 6.45) is -0.939. The van der Waals surface area contributed by atoms with Crippen molar-refractivity contribution in [2.24, 2.45) is 0 Å². The van der Waals surface area contributed by atoms with Crippen molar-refractivity contribution in [3.05, 3.63) is 202 Å². The van der Waals surface area contributed by atoms with E-state index >= 15 is 0 Å². The number of nitrogens with zero attached hydrogens (tertiary/aromatic N) is 6. The van der Waals surface area contributed by atoms with Crippen molar-refractivity contribution in [2.75, 3.05) is 0 Å². The van der Waals surface area contributed by atoms with Crippen LogP contribution in [-0.4, -0.2) is 40.8 Å². The minimum absolute atomic E-state index is 0.130. The molecule has 10 nitrogen and oxygen atoms in total. The number of aromatic nitrogens is 6. The predicted octanol–water partition coefficient (Wildman–Crippen LogP) is 10.0. The first-order chi connectivity index (χ1) is 27.8. The summed E-state index contributed by atoms with van der Waals surface area (Å²) in [5, 5.41) is 10.9. The van der Waals surface area contributed by atoms with Gasteiger partial charge in [-0.15, -0.1) is 0 Å². The summed E-state index contributed by atoms with van der Waals surface area (Å²) >= 11 is 5.36. The molecule has 0 saturated heterocycles. The number of carbonyl (C=O) groups excluding carboxylic acids is 1. The molecule has 0 fully saturated rings. The molecule has 57 heavy (non-hydrogen) atoms. The second kappa shape index (κ2) is 20.3. The van der Waals surface area contributed by atoms with Crippen LogP contribution >= 0.6 is 31.9 Å². The molecule has 0 aliphatic carbocycles. The van der Waals surface area contributed by atoms with Gasteiger partial charge in [-0.3, -0.25) is 4.79 Å². The molecule has 1 unspecified atom stereocenters. The van der Waals surface area contributed by atoms with E-state index in [4.69, 9.17) is 7.67 Å². The molecular weight excluding hydrogens is 891 g/mol. The van der Waals surface area contributed by atoms with Crippen LogP contribution in [-0.2, 0) is 22.5 Å². The third kappa shape index (κ3) is 11.1. The Bertz CT molecular complexity index is 2470. The Hall–Kier alpha value is -5.95. The van der Waals surface area contributed by atoms with Crippen molar-refractivity contribution in [3.63, 3.8) is 0 Å². The van der Waals surface area contributed by atoms with Gasteiger partial charge in [-0.2, -0.15) is 0 Å². The third-order valence-electron chi connectivity index (χ3n) is 8.16. The van der Waals surface area contributed by atoms with Gasteiger partial charge in [0.25, 0.3) is 0 Å². The molecule has 281 valence electrons. The van der Waals surface area contributed by atoms with E-state index < -0.39 is 20.9 Å². The van der Waals surface area contributed by atoms with Crippen LogP contribution in [0.15, 0.2) is 179 Å². The quantitative estimate of drug-likeness (QED) is 0.115. The number of aliphatic hydroxyl groups excluding tert-OH is 1. The van der Waals surface area contributed by atoms with Gasteiger partial charge in [0.05, 0.1) is 0 Å². The Morgan fingerprint density at radius 2 is 0.772 bits per heavy atom. The number of carbonyl (C=O) groups is 1.